The van der Waals surface area contributed by atoms with Gasteiger partial charge in [-0.3, -0.25) is 13.8 Å². The highest BCUT2D eigenvalue weighted by atomic mass is 32.2. The highest BCUT2D eigenvalue weighted by molar-refractivity contribution is 7.86. The topological polar surface area (TPSA) is 198 Å². The maximum atomic E-state index is 12.7. The lowest BCUT2D eigenvalue weighted by Crippen LogP contribution is -2.43. The number of carbonyl (C=O) groups is 3. The van der Waals surface area contributed by atoms with Gasteiger partial charge in [-0.25, -0.2) is 4.79 Å². The molecule has 0 aliphatic heterocycles. The molecule has 0 aromatic carbocycles. The zero-order valence-corrected chi connectivity index (χ0v) is 23.7. The molecule has 1 rings (SSSR count). The van der Waals surface area contributed by atoms with Gasteiger partial charge < -0.3 is 14.8 Å². The van der Waals surface area contributed by atoms with Gasteiger partial charge in [-0.05, 0) is 19.3 Å². The first kappa shape index (κ1) is 33.4. The minimum Gasteiger partial charge on any atom is -0.462 e. The van der Waals surface area contributed by atoms with Gasteiger partial charge in [-0.1, -0.05) is 33.1 Å². The number of hydrogen-bond donors (Lipinski definition) is 2. The van der Waals surface area contributed by atoms with Gasteiger partial charge in [0.2, 0.25) is 12.0 Å². The summed E-state index contributed by atoms with van der Waals surface area (Å²) < 4.78 is 71.5. The second-order valence-corrected chi connectivity index (χ2v) is 12.6. The van der Waals surface area contributed by atoms with Gasteiger partial charge in [0.1, 0.15) is 13.2 Å². The van der Waals surface area contributed by atoms with Crippen molar-refractivity contribution in [2.24, 2.45) is 11.3 Å². The molecule has 2 unspecified atom stereocenters. The fourth-order valence-electron chi connectivity index (χ4n) is 3.37. The zero-order chi connectivity index (χ0) is 28.1. The summed E-state index contributed by atoms with van der Waals surface area (Å²) in [4.78, 5) is 44.5. The lowest BCUT2D eigenvalue weighted by atomic mass is 9.87. The molecule has 1 fully saturated rings. The summed E-state index contributed by atoms with van der Waals surface area (Å²) in [6, 6.07) is 0. The van der Waals surface area contributed by atoms with E-state index in [1.54, 1.807) is 0 Å². The minimum absolute atomic E-state index is 0.0765. The van der Waals surface area contributed by atoms with Crippen LogP contribution in [0.2, 0.25) is 0 Å². The molecule has 1 amide bonds. The number of rotatable bonds is 17. The predicted molar refractivity (Wildman–Crippen MR) is 129 cm³/mol. The van der Waals surface area contributed by atoms with E-state index in [1.165, 1.54) is 20.8 Å². The van der Waals surface area contributed by atoms with Crippen molar-refractivity contribution in [3.05, 3.63) is 0 Å². The van der Waals surface area contributed by atoms with Crippen molar-refractivity contribution in [3.63, 3.8) is 0 Å². The third-order valence-electron chi connectivity index (χ3n) is 5.32. The van der Waals surface area contributed by atoms with E-state index in [2.05, 4.69) is 9.63 Å². The summed E-state index contributed by atoms with van der Waals surface area (Å²) in [5.74, 6) is -2.43. The maximum absolute atomic E-state index is 12.7. The van der Waals surface area contributed by atoms with Gasteiger partial charge in [0, 0.05) is 28.0 Å². The first-order valence-corrected chi connectivity index (χ1v) is 15.5. The van der Waals surface area contributed by atoms with E-state index >= 15 is 0 Å². The van der Waals surface area contributed by atoms with E-state index in [0.717, 1.165) is 32.1 Å². The van der Waals surface area contributed by atoms with Crippen LogP contribution >= 0.6 is 16.5 Å². The summed E-state index contributed by atoms with van der Waals surface area (Å²) in [5.41, 5.74) is -1.48. The Morgan fingerprint density at radius 3 is 2.30 bits per heavy atom. The van der Waals surface area contributed by atoms with Crippen LogP contribution in [0.1, 0.15) is 59.3 Å². The van der Waals surface area contributed by atoms with Gasteiger partial charge in [0.25, 0.3) is 10.1 Å². The van der Waals surface area contributed by atoms with Gasteiger partial charge in [0.15, 0.2) is 4.31 Å². The lowest BCUT2D eigenvalue weighted by Gasteiger charge is -2.27. The third kappa shape index (κ3) is 14.2. The van der Waals surface area contributed by atoms with Gasteiger partial charge in [-0.2, -0.15) is 8.42 Å². The van der Waals surface area contributed by atoms with Crippen molar-refractivity contribution in [1.29, 1.82) is 0 Å². The summed E-state index contributed by atoms with van der Waals surface area (Å²) in [7, 11) is -10.7. The van der Waals surface area contributed by atoms with Crippen molar-refractivity contribution in [2.75, 3.05) is 32.1 Å². The normalized spacial score (nSPS) is 16.4. The SMILES string of the molecule is CC(=O)NCCCS(=O)(=O)OCC(C)(C)[C@@H](O[P+](=O)O[P+](=O)O)C(=O)OCCOC(=O)C1CCCCC1. The molecule has 0 aromatic rings. The molecule has 14 nitrogen and oxygen atoms in total. The summed E-state index contributed by atoms with van der Waals surface area (Å²) >= 11 is 0. The van der Waals surface area contributed by atoms with Crippen molar-refractivity contribution in [3.8, 4) is 0 Å². The predicted octanol–water partition coefficient (Wildman–Crippen LogP) is 2.26. The number of amides is 1. The number of esters is 2. The smallest absolute Gasteiger partial charge is 0.462 e. The molecule has 0 bridgehead atoms. The van der Waals surface area contributed by atoms with Gasteiger partial charge in [0.05, 0.1) is 18.3 Å². The average molecular weight is 592 g/mol. The summed E-state index contributed by atoms with van der Waals surface area (Å²) in [5, 5.41) is 2.45. The van der Waals surface area contributed by atoms with Crippen LogP contribution in [0.5, 0.6) is 0 Å². The molecule has 1 aliphatic carbocycles. The molecule has 0 heterocycles. The quantitative estimate of drug-likeness (QED) is 0.108. The Labute approximate surface area is 218 Å². The Bertz CT molecular complexity index is 919. The fraction of sp³-hybridized carbons (Fsp3) is 0.850. The molecule has 1 aliphatic rings. The Hall–Kier alpha value is -1.60. The van der Waals surface area contributed by atoms with Crippen LogP contribution in [0.3, 0.4) is 0 Å². The molecule has 17 heteroatoms. The summed E-state index contributed by atoms with van der Waals surface area (Å²) in [6.45, 7) is 2.91. The monoisotopic (exact) mass is 591 g/mol. The molecule has 0 radical (unpaired) electrons. The Morgan fingerprint density at radius 1 is 1.08 bits per heavy atom. The van der Waals surface area contributed by atoms with Crippen LogP contribution in [-0.4, -0.2) is 69.4 Å². The standard InChI is InChI=1S/C20H33NO13P2S/c1-15(22)21-10-7-13-37(28,29)32-14-20(2,3)17(33-36(27)34-35(25)26)19(24)31-12-11-30-18(23)16-8-5-4-6-9-16/h16-17H,4-14H2,1-3H3/p+2/t17-/m0/s1. The number of nitrogens with one attached hydrogen (secondary N) is 1. The molecular formula is C20H35NO13P2S+2. The highest BCUT2D eigenvalue weighted by Crippen LogP contribution is 2.41. The third-order valence-corrected chi connectivity index (χ3v) is 8.06. The average Bonchev–Trinajstić information content (AvgIpc) is 2.81. The number of hydrogen-bond acceptors (Lipinski definition) is 12. The Morgan fingerprint density at radius 2 is 1.70 bits per heavy atom. The van der Waals surface area contributed by atoms with Crippen LogP contribution in [0, 0.1) is 11.3 Å². The van der Waals surface area contributed by atoms with Crippen LogP contribution < -0.4 is 5.32 Å². The van der Waals surface area contributed by atoms with Crippen molar-refractivity contribution in [2.45, 2.75) is 65.4 Å². The minimum atomic E-state index is -4.07. The molecular weight excluding hydrogens is 556 g/mol. The number of carbonyl (C=O) groups excluding carboxylic acids is 3. The first-order valence-electron chi connectivity index (χ1n) is 11.7. The lowest BCUT2D eigenvalue weighted by molar-refractivity contribution is -0.164. The van der Waals surface area contributed by atoms with E-state index in [9.17, 15) is 31.9 Å². The number of ether oxygens (including phenoxy) is 2. The fourth-order valence-corrected chi connectivity index (χ4v) is 5.63. The first-order chi connectivity index (χ1) is 17.2. The van der Waals surface area contributed by atoms with Crippen LogP contribution in [0.15, 0.2) is 0 Å². The highest BCUT2D eigenvalue weighted by Gasteiger charge is 2.49. The molecule has 37 heavy (non-hydrogen) atoms. The van der Waals surface area contributed by atoms with Crippen molar-refractivity contribution in [1.82, 2.24) is 5.32 Å². The van der Waals surface area contributed by atoms with E-state index in [4.69, 9.17) is 23.1 Å². The second-order valence-electron chi connectivity index (χ2n) is 9.05. The largest absolute Gasteiger partial charge is 0.748 e. The van der Waals surface area contributed by atoms with E-state index < -0.39 is 56.5 Å². The van der Waals surface area contributed by atoms with Crippen molar-refractivity contribution >= 4 is 44.5 Å². The van der Waals surface area contributed by atoms with E-state index in [0.29, 0.717) is 0 Å². The molecule has 3 atom stereocenters. The van der Waals surface area contributed by atoms with Crippen LogP contribution in [-0.2, 0) is 56.1 Å². The van der Waals surface area contributed by atoms with Gasteiger partial charge in [-0.15, -0.1) is 9.42 Å². The van der Waals surface area contributed by atoms with E-state index in [1.807, 2.05) is 0 Å². The van der Waals surface area contributed by atoms with Crippen LogP contribution in [0.4, 0.5) is 0 Å². The Balaban J connectivity index is 2.71. The molecule has 212 valence electrons. The zero-order valence-electron chi connectivity index (χ0n) is 21.1. The van der Waals surface area contributed by atoms with Crippen LogP contribution in [0.25, 0.3) is 0 Å². The molecule has 1 saturated carbocycles. The molecule has 0 saturated heterocycles. The molecule has 2 N–H and O–H groups in total. The molecule has 0 spiro atoms. The van der Waals surface area contributed by atoms with E-state index in [-0.39, 0.29) is 44.0 Å². The molecule has 0 aromatic heterocycles. The Kier molecular flexibility index (Phi) is 14.8. The summed E-state index contributed by atoms with van der Waals surface area (Å²) in [6.07, 6.45) is 2.75. The maximum Gasteiger partial charge on any atom is 0.748 e. The van der Waals surface area contributed by atoms with Crippen molar-refractivity contribution < 1.29 is 59.3 Å². The second kappa shape index (κ2) is 16.4. The van der Waals surface area contributed by atoms with Gasteiger partial charge >= 0.3 is 28.4 Å².